The number of nitrogens with zero attached hydrogens (tertiary/aromatic N) is 4. The number of unbranched alkanes of at least 4 members (excludes halogenated alkanes) is 4. The second-order valence-corrected chi connectivity index (χ2v) is 13.4. The zero-order valence-corrected chi connectivity index (χ0v) is 23.7. The van der Waals surface area contributed by atoms with Crippen LogP contribution in [0.2, 0.25) is 0 Å². The number of ether oxygens (including phenoxy) is 2. The largest absolute Gasteiger partial charge is 0.474 e. The van der Waals surface area contributed by atoms with Crippen LogP contribution in [0, 0.1) is 0 Å². The fourth-order valence-corrected chi connectivity index (χ4v) is 9.60. The third-order valence-electron chi connectivity index (χ3n) is 5.28. The topological polar surface area (TPSA) is 150 Å². The molecule has 0 aliphatic heterocycles. The van der Waals surface area contributed by atoms with Crippen LogP contribution in [-0.2, 0) is 34.0 Å². The van der Waals surface area contributed by atoms with Gasteiger partial charge in [0.1, 0.15) is 12.5 Å². The number of hydrogen-bond donors (Lipinski definition) is 1. The first-order valence-electron chi connectivity index (χ1n) is 12.5. The molecule has 0 radical (unpaired) electrons. The average Bonchev–Trinajstić information content (AvgIpc) is 3.21. The summed E-state index contributed by atoms with van der Waals surface area (Å²) < 4.78 is 54.9. The normalized spacial score (nSPS) is 13.8. The first-order valence-corrected chi connectivity index (χ1v) is 16.2. The molecule has 2 aromatic rings. The molecular formula is C22H41N5O7P2. The van der Waals surface area contributed by atoms with Crippen molar-refractivity contribution in [3.63, 3.8) is 0 Å². The van der Waals surface area contributed by atoms with Crippen LogP contribution in [0.5, 0.6) is 5.88 Å². The Kier molecular flexibility index (Phi) is 13.3. The standard InChI is InChI=1S/C22H41N5O7P2/c1-5-32-35(28,18-36(29,33-6-2)34-7-3)16-12-10-8-9-11-13-27-17-24-19-20(27)25-22(23)26-21(19)31-15-14-30-4/h17H,5-16,18H2,1-4H3,(H2,23,25,26). The first kappa shape index (κ1) is 30.7. The van der Waals surface area contributed by atoms with Crippen molar-refractivity contribution < 1.29 is 32.2 Å². The summed E-state index contributed by atoms with van der Waals surface area (Å²) in [6.07, 6.45) is 6.55. The van der Waals surface area contributed by atoms with Gasteiger partial charge in [-0.05, 0) is 33.6 Å². The molecule has 1 atom stereocenters. The Balaban J connectivity index is 1.81. The average molecular weight is 550 g/mol. The first-order chi connectivity index (χ1) is 17.3. The molecule has 36 heavy (non-hydrogen) atoms. The fraction of sp³-hybridized carbons (Fsp3) is 0.773. The predicted molar refractivity (Wildman–Crippen MR) is 140 cm³/mol. The van der Waals surface area contributed by atoms with Crippen molar-refractivity contribution in [2.24, 2.45) is 0 Å². The third kappa shape index (κ3) is 9.72. The lowest BCUT2D eigenvalue weighted by atomic mass is 10.1. The van der Waals surface area contributed by atoms with E-state index < -0.39 is 15.0 Å². The molecule has 0 saturated carbocycles. The molecule has 206 valence electrons. The Morgan fingerprint density at radius 1 is 0.917 bits per heavy atom. The second kappa shape index (κ2) is 15.6. The van der Waals surface area contributed by atoms with E-state index in [-0.39, 0.29) is 25.1 Å². The number of aromatic nitrogens is 4. The summed E-state index contributed by atoms with van der Waals surface area (Å²) in [6, 6.07) is 0. The van der Waals surface area contributed by atoms with Crippen LogP contribution in [-0.4, -0.2) is 71.7 Å². The van der Waals surface area contributed by atoms with Gasteiger partial charge < -0.3 is 33.3 Å². The van der Waals surface area contributed by atoms with E-state index >= 15 is 0 Å². The summed E-state index contributed by atoms with van der Waals surface area (Å²) in [4.78, 5) is 12.9. The number of nitrogens with two attached hydrogens (primary N) is 1. The van der Waals surface area contributed by atoms with Crippen LogP contribution in [0.1, 0.15) is 52.9 Å². The fourth-order valence-electron chi connectivity index (χ4n) is 3.77. The summed E-state index contributed by atoms with van der Waals surface area (Å²) in [5.74, 6) is 0.310. The molecule has 0 amide bonds. The lowest BCUT2D eigenvalue weighted by Gasteiger charge is -2.23. The van der Waals surface area contributed by atoms with Crippen molar-refractivity contribution in [1.29, 1.82) is 0 Å². The molecule has 0 aromatic carbocycles. The highest BCUT2D eigenvalue weighted by atomic mass is 31.2. The molecule has 0 fully saturated rings. The van der Waals surface area contributed by atoms with Gasteiger partial charge >= 0.3 is 7.60 Å². The maximum atomic E-state index is 13.3. The van der Waals surface area contributed by atoms with E-state index in [4.69, 9.17) is 28.8 Å². The lowest BCUT2D eigenvalue weighted by molar-refractivity contribution is 0.144. The molecule has 1 unspecified atom stereocenters. The SMILES string of the molecule is CCOP(=O)(CCCCCCCn1cnc2c(OCCOC)nc(N)nc21)CP(=O)(OCC)OCC. The molecule has 2 aromatic heterocycles. The summed E-state index contributed by atoms with van der Waals surface area (Å²) in [6.45, 7) is 7.53. The predicted octanol–water partition coefficient (Wildman–Crippen LogP) is 4.92. The number of fused-ring (bicyclic) bond motifs is 1. The van der Waals surface area contributed by atoms with E-state index in [9.17, 15) is 9.13 Å². The van der Waals surface area contributed by atoms with Gasteiger partial charge in [0.25, 0.3) is 0 Å². The number of methoxy groups -OCH3 is 1. The monoisotopic (exact) mass is 549 g/mol. The van der Waals surface area contributed by atoms with Gasteiger partial charge in [-0.15, -0.1) is 0 Å². The number of aryl methyl sites for hydroxylation is 1. The van der Waals surface area contributed by atoms with Crippen LogP contribution in [0.4, 0.5) is 5.95 Å². The highest BCUT2D eigenvalue weighted by Crippen LogP contribution is 2.63. The Labute approximate surface area is 213 Å². The van der Waals surface area contributed by atoms with Crippen LogP contribution in [0.15, 0.2) is 6.33 Å². The van der Waals surface area contributed by atoms with Gasteiger partial charge in [0, 0.05) is 19.8 Å². The van der Waals surface area contributed by atoms with Crippen LogP contribution in [0.25, 0.3) is 11.2 Å². The molecule has 2 rings (SSSR count). The van der Waals surface area contributed by atoms with Crippen molar-refractivity contribution in [3.05, 3.63) is 6.33 Å². The summed E-state index contributed by atoms with van der Waals surface area (Å²) in [7, 11) is -4.95. The summed E-state index contributed by atoms with van der Waals surface area (Å²) >= 11 is 0. The minimum absolute atomic E-state index is 0.133. The molecular weight excluding hydrogens is 508 g/mol. The Morgan fingerprint density at radius 3 is 2.25 bits per heavy atom. The van der Waals surface area contributed by atoms with Crippen LogP contribution < -0.4 is 10.5 Å². The number of nitrogen functional groups attached to an aromatic ring is 1. The molecule has 2 N–H and O–H groups in total. The molecule has 2 heterocycles. The van der Waals surface area contributed by atoms with E-state index in [0.29, 0.717) is 43.0 Å². The minimum atomic E-state index is -3.43. The lowest BCUT2D eigenvalue weighted by Crippen LogP contribution is -2.08. The molecule has 14 heteroatoms. The zero-order valence-electron chi connectivity index (χ0n) is 21.9. The van der Waals surface area contributed by atoms with E-state index in [0.717, 1.165) is 38.6 Å². The highest BCUT2D eigenvalue weighted by molar-refractivity contribution is 7.73. The van der Waals surface area contributed by atoms with E-state index in [1.54, 1.807) is 34.2 Å². The van der Waals surface area contributed by atoms with Gasteiger partial charge in [-0.1, -0.05) is 19.3 Å². The van der Waals surface area contributed by atoms with Crippen molar-refractivity contribution in [1.82, 2.24) is 19.5 Å². The van der Waals surface area contributed by atoms with Crippen LogP contribution in [0.3, 0.4) is 0 Å². The molecule has 12 nitrogen and oxygen atoms in total. The Bertz CT molecular complexity index is 1010. The van der Waals surface area contributed by atoms with E-state index in [1.165, 1.54) is 0 Å². The van der Waals surface area contributed by atoms with E-state index in [1.807, 2.05) is 4.57 Å². The maximum Gasteiger partial charge on any atom is 0.340 e. The van der Waals surface area contributed by atoms with E-state index in [2.05, 4.69) is 15.0 Å². The van der Waals surface area contributed by atoms with Crippen molar-refractivity contribution in [3.8, 4) is 5.88 Å². The van der Waals surface area contributed by atoms with Gasteiger partial charge in [0.05, 0.1) is 32.8 Å². The van der Waals surface area contributed by atoms with Gasteiger partial charge in [0.2, 0.25) is 19.2 Å². The van der Waals surface area contributed by atoms with Crippen LogP contribution >= 0.6 is 15.0 Å². The van der Waals surface area contributed by atoms with Gasteiger partial charge in [-0.2, -0.15) is 9.97 Å². The Morgan fingerprint density at radius 2 is 1.58 bits per heavy atom. The highest BCUT2D eigenvalue weighted by Gasteiger charge is 2.36. The van der Waals surface area contributed by atoms with Crippen molar-refractivity contribution >= 4 is 32.1 Å². The molecule has 0 spiro atoms. The number of hydrogen-bond acceptors (Lipinski definition) is 11. The molecule has 0 saturated heterocycles. The van der Waals surface area contributed by atoms with Gasteiger partial charge in [-0.3, -0.25) is 9.13 Å². The number of anilines is 1. The number of rotatable bonds is 20. The molecule has 0 bridgehead atoms. The zero-order chi connectivity index (χ0) is 26.4. The minimum Gasteiger partial charge on any atom is -0.474 e. The second-order valence-electron chi connectivity index (χ2n) is 8.15. The number of imidazole rings is 1. The summed E-state index contributed by atoms with van der Waals surface area (Å²) in [5, 5.41) is 0. The molecule has 0 aliphatic carbocycles. The van der Waals surface area contributed by atoms with Crippen molar-refractivity contribution in [2.45, 2.75) is 59.4 Å². The third-order valence-corrected chi connectivity index (χ3v) is 11.4. The molecule has 0 aliphatic rings. The van der Waals surface area contributed by atoms with Gasteiger partial charge in [-0.25, -0.2) is 4.98 Å². The Hall–Kier alpha value is -1.55. The van der Waals surface area contributed by atoms with Crippen molar-refractivity contribution in [2.75, 3.05) is 57.9 Å². The quantitative estimate of drug-likeness (QED) is 0.177. The smallest absolute Gasteiger partial charge is 0.340 e. The summed E-state index contributed by atoms with van der Waals surface area (Å²) in [5.41, 5.74) is 7.07. The maximum absolute atomic E-state index is 13.3. The van der Waals surface area contributed by atoms with Gasteiger partial charge in [0.15, 0.2) is 11.2 Å².